The first-order valence-electron chi connectivity index (χ1n) is 12.0. The van der Waals surface area contributed by atoms with Gasteiger partial charge in [0.2, 0.25) is 12.5 Å². The highest BCUT2D eigenvalue weighted by molar-refractivity contribution is 5.95. The number of carbonyl (C=O) groups is 1. The summed E-state index contributed by atoms with van der Waals surface area (Å²) in [6.07, 6.45) is 0.304. The minimum atomic E-state index is -0.510. The van der Waals surface area contributed by atoms with Gasteiger partial charge in [0.25, 0.3) is 5.69 Å². The molecule has 3 aliphatic rings. The molecule has 1 N–H and O–H groups in total. The van der Waals surface area contributed by atoms with Gasteiger partial charge < -0.3 is 24.3 Å². The van der Waals surface area contributed by atoms with Crippen LogP contribution in [0.25, 0.3) is 0 Å². The molecule has 3 heterocycles. The van der Waals surface area contributed by atoms with Gasteiger partial charge in [0.1, 0.15) is 6.10 Å². The minimum Gasteiger partial charge on any atom is -0.492 e. The van der Waals surface area contributed by atoms with Crippen LogP contribution in [0.3, 0.4) is 0 Å². The molecule has 0 amide bonds. The molecule has 3 aromatic carbocycles. The zero-order valence-corrected chi connectivity index (χ0v) is 20.4. The van der Waals surface area contributed by atoms with Gasteiger partial charge in [-0.2, -0.15) is 0 Å². The molecule has 2 atom stereocenters. The van der Waals surface area contributed by atoms with Gasteiger partial charge in [0, 0.05) is 42.0 Å². The smallest absolute Gasteiger partial charge is 0.339 e. The molecule has 0 saturated heterocycles. The summed E-state index contributed by atoms with van der Waals surface area (Å²) in [5.41, 5.74) is 5.06. The Hall–Kier alpha value is -4.31. The molecule has 37 heavy (non-hydrogen) atoms. The van der Waals surface area contributed by atoms with Crippen LogP contribution in [0.2, 0.25) is 0 Å². The lowest BCUT2D eigenvalue weighted by Gasteiger charge is -2.38. The maximum Gasteiger partial charge on any atom is 0.339 e. The molecule has 10 heteroatoms. The first-order valence-corrected chi connectivity index (χ1v) is 12.0. The van der Waals surface area contributed by atoms with Gasteiger partial charge in [-0.1, -0.05) is 18.2 Å². The van der Waals surface area contributed by atoms with Crippen LogP contribution in [-0.2, 0) is 17.7 Å². The van der Waals surface area contributed by atoms with Crippen LogP contribution < -0.4 is 19.5 Å². The van der Waals surface area contributed by atoms with Crippen molar-refractivity contribution in [2.45, 2.75) is 25.1 Å². The van der Waals surface area contributed by atoms with Crippen molar-refractivity contribution in [3.05, 3.63) is 86.5 Å². The zero-order valence-electron chi connectivity index (χ0n) is 20.4. The van der Waals surface area contributed by atoms with E-state index >= 15 is 0 Å². The number of anilines is 1. The Kier molecular flexibility index (Phi) is 5.60. The Balaban J connectivity index is 1.29. The summed E-state index contributed by atoms with van der Waals surface area (Å²) in [6, 6.07) is 13.7. The molecule has 0 fully saturated rings. The molecule has 190 valence electrons. The van der Waals surface area contributed by atoms with Crippen molar-refractivity contribution in [1.82, 2.24) is 4.90 Å². The van der Waals surface area contributed by atoms with Crippen molar-refractivity contribution in [1.29, 1.82) is 0 Å². The van der Waals surface area contributed by atoms with Crippen molar-refractivity contribution >= 4 is 17.3 Å². The van der Waals surface area contributed by atoms with E-state index in [9.17, 15) is 14.9 Å². The van der Waals surface area contributed by atoms with Crippen molar-refractivity contribution in [3.8, 4) is 17.2 Å². The Labute approximate surface area is 212 Å². The Morgan fingerprint density at radius 1 is 1.16 bits per heavy atom. The van der Waals surface area contributed by atoms with Crippen LogP contribution in [0.5, 0.6) is 17.2 Å². The van der Waals surface area contributed by atoms with Gasteiger partial charge in [-0.15, -0.1) is 0 Å². The number of hydrogen-bond acceptors (Lipinski definition) is 9. The van der Waals surface area contributed by atoms with Crippen LogP contribution in [0.1, 0.15) is 44.8 Å². The number of methoxy groups -OCH3 is 1. The number of ether oxygens (including phenoxy) is 4. The van der Waals surface area contributed by atoms with Crippen molar-refractivity contribution in [3.63, 3.8) is 0 Å². The Morgan fingerprint density at radius 2 is 1.97 bits per heavy atom. The summed E-state index contributed by atoms with van der Waals surface area (Å²) in [6.45, 7) is 1.39. The van der Waals surface area contributed by atoms with Gasteiger partial charge in [0.15, 0.2) is 11.5 Å². The quantitative estimate of drug-likeness (QED) is 0.297. The molecule has 2 unspecified atom stereocenters. The second-order valence-corrected chi connectivity index (χ2v) is 9.30. The van der Waals surface area contributed by atoms with Crippen LogP contribution in [0, 0.1) is 10.1 Å². The SMILES string of the molecule is COc1c2c(cc3c1C(C1OC(=O)c4cc(NCc5ccc([N+](=O)[O-])cc5)ccc41)N(C)CC3)OCO2. The van der Waals surface area contributed by atoms with Gasteiger partial charge in [-0.25, -0.2) is 4.79 Å². The van der Waals surface area contributed by atoms with E-state index in [1.807, 2.05) is 25.2 Å². The number of non-ortho nitro benzene ring substituents is 1. The lowest BCUT2D eigenvalue weighted by Crippen LogP contribution is -2.36. The normalized spacial score (nSPS) is 19.7. The molecular formula is C27H25N3O7. The number of nitrogens with zero attached hydrogens (tertiary/aromatic N) is 2. The third kappa shape index (κ3) is 3.89. The molecule has 0 aromatic heterocycles. The molecular weight excluding hydrogens is 478 g/mol. The van der Waals surface area contributed by atoms with Gasteiger partial charge in [-0.05, 0) is 42.8 Å². The molecule has 6 rings (SSSR count). The number of fused-ring (bicyclic) bond motifs is 3. The van der Waals surface area contributed by atoms with E-state index < -0.39 is 11.0 Å². The topological polar surface area (TPSA) is 112 Å². The van der Waals surface area contributed by atoms with E-state index in [-0.39, 0.29) is 24.5 Å². The maximum absolute atomic E-state index is 13.0. The van der Waals surface area contributed by atoms with E-state index in [0.29, 0.717) is 29.4 Å². The summed E-state index contributed by atoms with van der Waals surface area (Å²) >= 11 is 0. The second-order valence-electron chi connectivity index (χ2n) is 9.30. The first-order chi connectivity index (χ1) is 17.9. The average Bonchev–Trinajstić information content (AvgIpc) is 3.50. The van der Waals surface area contributed by atoms with Crippen molar-refractivity contribution in [2.24, 2.45) is 0 Å². The number of cyclic esters (lactones) is 1. The number of hydrogen-bond donors (Lipinski definition) is 1. The lowest BCUT2D eigenvalue weighted by atomic mass is 9.85. The summed E-state index contributed by atoms with van der Waals surface area (Å²) in [7, 11) is 3.63. The predicted molar refractivity (Wildman–Crippen MR) is 133 cm³/mol. The fourth-order valence-corrected chi connectivity index (χ4v) is 5.36. The third-order valence-corrected chi connectivity index (χ3v) is 7.20. The highest BCUT2D eigenvalue weighted by atomic mass is 16.7. The highest BCUT2D eigenvalue weighted by Crippen LogP contribution is 2.54. The Morgan fingerprint density at radius 3 is 2.73 bits per heavy atom. The van der Waals surface area contributed by atoms with E-state index in [0.717, 1.165) is 40.9 Å². The predicted octanol–water partition coefficient (Wildman–Crippen LogP) is 4.38. The van der Waals surface area contributed by atoms with Gasteiger partial charge in [0.05, 0.1) is 23.6 Å². The van der Waals surface area contributed by atoms with Crippen LogP contribution >= 0.6 is 0 Å². The fraction of sp³-hybridized carbons (Fsp3) is 0.296. The first kappa shape index (κ1) is 23.1. The number of esters is 1. The number of nitrogens with one attached hydrogen (secondary N) is 1. The van der Waals surface area contributed by atoms with E-state index in [2.05, 4.69) is 10.2 Å². The summed E-state index contributed by atoms with van der Waals surface area (Å²) in [5.74, 6) is 1.50. The lowest BCUT2D eigenvalue weighted by molar-refractivity contribution is -0.384. The second kappa shape index (κ2) is 8.97. The molecule has 0 aliphatic carbocycles. The molecule has 10 nitrogen and oxygen atoms in total. The molecule has 0 spiro atoms. The maximum atomic E-state index is 13.0. The number of rotatable bonds is 6. The Bertz CT molecular complexity index is 1410. The van der Waals surface area contributed by atoms with Gasteiger partial charge >= 0.3 is 5.97 Å². The molecule has 0 saturated carbocycles. The number of nitro benzene ring substituents is 1. The van der Waals surface area contributed by atoms with Crippen molar-refractivity contribution in [2.75, 3.05) is 32.8 Å². The summed E-state index contributed by atoms with van der Waals surface area (Å²) in [4.78, 5) is 25.6. The largest absolute Gasteiger partial charge is 0.492 e. The number of benzene rings is 3. The van der Waals surface area contributed by atoms with E-state index in [1.165, 1.54) is 12.1 Å². The number of carbonyl (C=O) groups excluding carboxylic acids is 1. The van der Waals surface area contributed by atoms with E-state index in [1.54, 1.807) is 25.3 Å². The molecule has 0 radical (unpaired) electrons. The number of nitro groups is 1. The summed E-state index contributed by atoms with van der Waals surface area (Å²) in [5, 5.41) is 14.2. The standard InChI is InChI=1S/C27H25N3O7/c1-29-10-9-16-11-21-25(36-14-35-21)26(34-2)22(16)23(29)24-19-8-5-17(12-20(19)27(31)37-24)28-13-15-3-6-18(7-4-15)30(32)33/h3-8,11-12,23-24,28H,9-10,13-14H2,1-2H3. The fourth-order valence-electron chi connectivity index (χ4n) is 5.36. The number of likely N-dealkylation sites (N-methyl/N-ethyl adjacent to an activating group) is 1. The molecule has 3 aromatic rings. The minimum absolute atomic E-state index is 0.0463. The summed E-state index contributed by atoms with van der Waals surface area (Å²) < 4.78 is 23.1. The zero-order chi connectivity index (χ0) is 25.7. The monoisotopic (exact) mass is 503 g/mol. The van der Waals surface area contributed by atoms with E-state index in [4.69, 9.17) is 18.9 Å². The highest BCUT2D eigenvalue weighted by Gasteiger charge is 2.44. The third-order valence-electron chi connectivity index (χ3n) is 7.20. The average molecular weight is 504 g/mol. The molecule has 0 bridgehead atoms. The van der Waals surface area contributed by atoms with Crippen molar-refractivity contribution < 1.29 is 28.7 Å². The van der Waals surface area contributed by atoms with Crippen LogP contribution in [-0.4, -0.2) is 43.3 Å². The van der Waals surface area contributed by atoms with Crippen LogP contribution in [0.4, 0.5) is 11.4 Å². The van der Waals surface area contributed by atoms with Crippen LogP contribution in [0.15, 0.2) is 48.5 Å². The molecule has 3 aliphatic heterocycles. The van der Waals surface area contributed by atoms with Gasteiger partial charge in [-0.3, -0.25) is 15.0 Å².